The second kappa shape index (κ2) is 5.61. The second-order valence-electron chi connectivity index (χ2n) is 4.55. The van der Waals surface area contributed by atoms with Crippen LogP contribution >= 0.6 is 0 Å². The van der Waals surface area contributed by atoms with Crippen molar-refractivity contribution in [2.24, 2.45) is 0 Å². The molecule has 0 aliphatic rings. The lowest BCUT2D eigenvalue weighted by Gasteiger charge is -2.26. The molecule has 0 saturated carbocycles. The minimum atomic E-state index is -0.475. The molecule has 0 atom stereocenters. The summed E-state index contributed by atoms with van der Waals surface area (Å²) < 4.78 is 4.55. The van der Waals surface area contributed by atoms with Crippen LogP contribution in [0.5, 0.6) is 0 Å². The number of carbonyl (C=O) groups is 1. The summed E-state index contributed by atoms with van der Waals surface area (Å²) in [6.45, 7) is 6.34. The fourth-order valence-corrected chi connectivity index (χ4v) is 1.65. The van der Waals surface area contributed by atoms with Gasteiger partial charge in [0.15, 0.2) is 5.69 Å². The SMILES string of the molecule is CCCC(C)(C)Nc1ccc(C(=O)OC)nn1. The number of hydrogen-bond acceptors (Lipinski definition) is 5. The molecule has 94 valence electrons. The molecule has 0 bridgehead atoms. The summed E-state index contributed by atoms with van der Waals surface area (Å²) in [7, 11) is 1.32. The summed E-state index contributed by atoms with van der Waals surface area (Å²) in [6, 6.07) is 3.33. The summed E-state index contributed by atoms with van der Waals surface area (Å²) in [4.78, 5) is 11.2. The van der Waals surface area contributed by atoms with Gasteiger partial charge in [-0.3, -0.25) is 0 Å². The van der Waals surface area contributed by atoms with Crippen molar-refractivity contribution in [2.45, 2.75) is 39.2 Å². The zero-order valence-corrected chi connectivity index (χ0v) is 10.8. The van der Waals surface area contributed by atoms with Crippen molar-refractivity contribution in [1.82, 2.24) is 10.2 Å². The van der Waals surface area contributed by atoms with Crippen LogP contribution in [0.4, 0.5) is 5.82 Å². The van der Waals surface area contributed by atoms with Gasteiger partial charge in [0.05, 0.1) is 7.11 Å². The molecule has 0 aromatic carbocycles. The van der Waals surface area contributed by atoms with E-state index >= 15 is 0 Å². The van der Waals surface area contributed by atoms with Crippen LogP contribution in [0.2, 0.25) is 0 Å². The fourth-order valence-electron chi connectivity index (χ4n) is 1.65. The topological polar surface area (TPSA) is 64.1 Å². The number of methoxy groups -OCH3 is 1. The van der Waals surface area contributed by atoms with Crippen LogP contribution in [0, 0.1) is 0 Å². The zero-order chi connectivity index (χ0) is 12.9. The average Bonchev–Trinajstić information content (AvgIpc) is 2.28. The van der Waals surface area contributed by atoms with Gasteiger partial charge in [-0.2, -0.15) is 0 Å². The highest BCUT2D eigenvalue weighted by atomic mass is 16.5. The van der Waals surface area contributed by atoms with Crippen molar-refractivity contribution in [3.8, 4) is 0 Å². The molecule has 0 aliphatic heterocycles. The number of hydrogen-bond donors (Lipinski definition) is 1. The van der Waals surface area contributed by atoms with Gasteiger partial charge in [0.25, 0.3) is 0 Å². The van der Waals surface area contributed by atoms with Crippen molar-refractivity contribution in [3.05, 3.63) is 17.8 Å². The Morgan fingerprint density at radius 1 is 1.41 bits per heavy atom. The van der Waals surface area contributed by atoms with E-state index in [1.807, 2.05) is 0 Å². The summed E-state index contributed by atoms with van der Waals surface area (Å²) >= 11 is 0. The Balaban J connectivity index is 2.71. The van der Waals surface area contributed by atoms with E-state index in [1.165, 1.54) is 7.11 Å². The Labute approximate surface area is 102 Å². The molecular weight excluding hydrogens is 218 g/mol. The quantitative estimate of drug-likeness (QED) is 0.796. The first-order valence-corrected chi connectivity index (χ1v) is 5.69. The van der Waals surface area contributed by atoms with Gasteiger partial charge in [0.2, 0.25) is 0 Å². The van der Waals surface area contributed by atoms with E-state index in [2.05, 4.69) is 41.0 Å². The van der Waals surface area contributed by atoms with Crippen molar-refractivity contribution in [1.29, 1.82) is 0 Å². The van der Waals surface area contributed by atoms with Gasteiger partial charge < -0.3 is 10.1 Å². The van der Waals surface area contributed by atoms with Gasteiger partial charge in [0, 0.05) is 5.54 Å². The second-order valence-corrected chi connectivity index (χ2v) is 4.55. The predicted molar refractivity (Wildman–Crippen MR) is 66.0 cm³/mol. The molecule has 0 radical (unpaired) electrons. The predicted octanol–water partition coefficient (Wildman–Crippen LogP) is 2.25. The van der Waals surface area contributed by atoms with Gasteiger partial charge in [-0.1, -0.05) is 13.3 Å². The zero-order valence-electron chi connectivity index (χ0n) is 10.8. The summed E-state index contributed by atoms with van der Waals surface area (Å²) in [5.41, 5.74) is 0.183. The lowest BCUT2D eigenvalue weighted by Crippen LogP contribution is -2.31. The number of rotatable bonds is 5. The Kier molecular flexibility index (Phi) is 4.43. The number of ether oxygens (including phenoxy) is 1. The first-order valence-electron chi connectivity index (χ1n) is 5.69. The number of nitrogens with zero attached hydrogens (tertiary/aromatic N) is 2. The van der Waals surface area contributed by atoms with E-state index in [4.69, 9.17) is 0 Å². The lowest BCUT2D eigenvalue weighted by atomic mass is 9.99. The number of anilines is 1. The van der Waals surface area contributed by atoms with Crippen molar-refractivity contribution in [3.63, 3.8) is 0 Å². The fraction of sp³-hybridized carbons (Fsp3) is 0.583. The molecule has 1 rings (SSSR count). The number of esters is 1. The largest absolute Gasteiger partial charge is 0.464 e. The highest BCUT2D eigenvalue weighted by Gasteiger charge is 2.17. The maximum Gasteiger partial charge on any atom is 0.358 e. The molecule has 5 nitrogen and oxygen atoms in total. The maximum absolute atomic E-state index is 11.2. The molecule has 5 heteroatoms. The van der Waals surface area contributed by atoms with Crippen molar-refractivity contribution in [2.75, 3.05) is 12.4 Å². The first kappa shape index (κ1) is 13.4. The van der Waals surface area contributed by atoms with Crippen LogP contribution in [0.15, 0.2) is 12.1 Å². The first-order chi connectivity index (χ1) is 7.98. The van der Waals surface area contributed by atoms with E-state index in [0.29, 0.717) is 5.82 Å². The average molecular weight is 237 g/mol. The third-order valence-electron chi connectivity index (χ3n) is 2.40. The van der Waals surface area contributed by atoms with Gasteiger partial charge in [-0.05, 0) is 32.4 Å². The van der Waals surface area contributed by atoms with Gasteiger partial charge in [-0.25, -0.2) is 4.79 Å². The van der Waals surface area contributed by atoms with Crippen LogP contribution in [0.3, 0.4) is 0 Å². The van der Waals surface area contributed by atoms with E-state index in [1.54, 1.807) is 12.1 Å². The molecule has 17 heavy (non-hydrogen) atoms. The van der Waals surface area contributed by atoms with Gasteiger partial charge in [0.1, 0.15) is 5.82 Å². The molecular formula is C12H19N3O2. The lowest BCUT2D eigenvalue weighted by molar-refractivity contribution is 0.0593. The summed E-state index contributed by atoms with van der Waals surface area (Å²) in [6.07, 6.45) is 2.13. The summed E-state index contributed by atoms with van der Waals surface area (Å²) in [5, 5.41) is 11.0. The Hall–Kier alpha value is -1.65. The molecule has 1 aromatic heterocycles. The van der Waals surface area contributed by atoms with Crippen LogP contribution in [0.1, 0.15) is 44.1 Å². The highest BCUT2D eigenvalue weighted by molar-refractivity contribution is 5.86. The molecule has 1 aromatic rings. The number of carbonyl (C=O) groups excluding carboxylic acids is 1. The Morgan fingerprint density at radius 2 is 2.12 bits per heavy atom. The molecule has 1 heterocycles. The summed E-state index contributed by atoms with van der Waals surface area (Å²) in [5.74, 6) is 0.188. The van der Waals surface area contributed by atoms with Gasteiger partial charge >= 0.3 is 5.97 Å². The maximum atomic E-state index is 11.2. The Morgan fingerprint density at radius 3 is 2.59 bits per heavy atom. The van der Waals surface area contributed by atoms with Crippen molar-refractivity contribution >= 4 is 11.8 Å². The number of nitrogens with one attached hydrogen (secondary N) is 1. The third-order valence-corrected chi connectivity index (χ3v) is 2.40. The minimum Gasteiger partial charge on any atom is -0.464 e. The van der Waals surface area contributed by atoms with Crippen LogP contribution < -0.4 is 5.32 Å². The molecule has 1 N–H and O–H groups in total. The third kappa shape index (κ3) is 4.01. The number of aromatic nitrogens is 2. The van der Waals surface area contributed by atoms with Crippen molar-refractivity contribution < 1.29 is 9.53 Å². The van der Waals surface area contributed by atoms with Crippen LogP contribution in [0.25, 0.3) is 0 Å². The molecule has 0 unspecified atom stereocenters. The Bertz CT molecular complexity index is 374. The molecule has 0 saturated heterocycles. The molecule has 0 fully saturated rings. The van der Waals surface area contributed by atoms with Crippen LogP contribution in [-0.4, -0.2) is 28.8 Å². The minimum absolute atomic E-state index is 0.0315. The van der Waals surface area contributed by atoms with E-state index in [9.17, 15) is 4.79 Å². The smallest absolute Gasteiger partial charge is 0.358 e. The van der Waals surface area contributed by atoms with Crippen LogP contribution in [-0.2, 0) is 4.74 Å². The standard InChI is InChI=1S/C12H19N3O2/c1-5-8-12(2,3)13-10-7-6-9(14-15-10)11(16)17-4/h6-7H,5,8H2,1-4H3,(H,13,15). The molecule has 0 amide bonds. The normalized spacial score (nSPS) is 11.1. The van der Waals surface area contributed by atoms with E-state index < -0.39 is 5.97 Å². The van der Waals surface area contributed by atoms with E-state index in [-0.39, 0.29) is 11.2 Å². The molecule has 0 aliphatic carbocycles. The highest BCUT2D eigenvalue weighted by Crippen LogP contribution is 2.17. The molecule has 0 spiro atoms. The monoisotopic (exact) mass is 237 g/mol. The van der Waals surface area contributed by atoms with E-state index in [0.717, 1.165) is 12.8 Å². The van der Waals surface area contributed by atoms with Gasteiger partial charge in [-0.15, -0.1) is 10.2 Å².